The zero-order chi connectivity index (χ0) is 12.9. The Bertz CT molecular complexity index is 416. The Morgan fingerprint density at radius 2 is 1.88 bits per heavy atom. The first kappa shape index (κ1) is 14.7. The number of rotatable bonds is 6. The maximum absolute atomic E-state index is 11.2. The maximum atomic E-state index is 11.2. The molecule has 0 aliphatic rings. The Hall–Kier alpha value is -0.390. The molecule has 1 atom stereocenters. The summed E-state index contributed by atoms with van der Waals surface area (Å²) in [7, 11) is 2.86. The van der Waals surface area contributed by atoms with E-state index >= 15 is 0 Å². The third-order valence-electron chi connectivity index (χ3n) is 2.01. The second-order valence-electron chi connectivity index (χ2n) is 3.05. The van der Waals surface area contributed by atoms with E-state index in [1.807, 2.05) is 6.07 Å². The monoisotopic (exact) mass is 292 g/mol. The molecule has 0 saturated heterocycles. The fraction of sp³-hybridized carbons (Fsp3) is 0.300. The summed E-state index contributed by atoms with van der Waals surface area (Å²) in [5.74, 6) is -0.954. The minimum absolute atomic E-state index is 0.674. The van der Waals surface area contributed by atoms with Crippen LogP contribution in [0.4, 0.5) is 0 Å². The normalized spacial score (nSPS) is 13.3. The standard InChI is InChI=1S/C10H13O4PS2/c1-13-15(16,14-2)17-9(10(11)12)8-6-4-3-5-7-8/h3-7,9H,1-2H3,(H,11,12). The highest BCUT2D eigenvalue weighted by molar-refractivity contribution is 8.68. The summed E-state index contributed by atoms with van der Waals surface area (Å²) >= 11 is 6.20. The summed E-state index contributed by atoms with van der Waals surface area (Å²) in [5.41, 5.74) is -1.91. The number of hydrogen-bond donors (Lipinski definition) is 1. The first-order valence-electron chi connectivity index (χ1n) is 4.70. The van der Waals surface area contributed by atoms with E-state index in [1.54, 1.807) is 24.3 Å². The Kier molecular flexibility index (Phi) is 5.62. The van der Waals surface area contributed by atoms with Crippen molar-refractivity contribution in [2.75, 3.05) is 14.2 Å². The van der Waals surface area contributed by atoms with Crippen LogP contribution in [0.3, 0.4) is 0 Å². The topological polar surface area (TPSA) is 55.8 Å². The van der Waals surface area contributed by atoms with Gasteiger partial charge in [-0.2, -0.15) is 0 Å². The first-order valence-corrected chi connectivity index (χ1v) is 8.82. The molecule has 0 bridgehead atoms. The van der Waals surface area contributed by atoms with E-state index in [4.69, 9.17) is 20.9 Å². The highest BCUT2D eigenvalue weighted by atomic mass is 32.9. The van der Waals surface area contributed by atoms with Gasteiger partial charge in [0.05, 0.1) is 0 Å². The minimum Gasteiger partial charge on any atom is -0.480 e. The molecule has 7 heteroatoms. The van der Waals surface area contributed by atoms with Crippen molar-refractivity contribution in [2.45, 2.75) is 5.25 Å². The van der Waals surface area contributed by atoms with Crippen LogP contribution in [0.2, 0.25) is 0 Å². The summed E-state index contributed by atoms with van der Waals surface area (Å²) in [6.07, 6.45) is 0. The third kappa shape index (κ3) is 4.08. The quantitative estimate of drug-likeness (QED) is 0.813. The van der Waals surface area contributed by atoms with E-state index in [-0.39, 0.29) is 0 Å². The van der Waals surface area contributed by atoms with Crippen molar-refractivity contribution in [3.8, 4) is 0 Å². The van der Waals surface area contributed by atoms with Crippen LogP contribution < -0.4 is 0 Å². The maximum Gasteiger partial charge on any atom is 0.321 e. The number of carbonyl (C=O) groups is 1. The van der Waals surface area contributed by atoms with Gasteiger partial charge in [0.1, 0.15) is 5.25 Å². The average Bonchev–Trinajstić information content (AvgIpc) is 2.36. The van der Waals surface area contributed by atoms with Crippen molar-refractivity contribution < 1.29 is 18.9 Å². The molecule has 0 saturated carbocycles. The van der Waals surface area contributed by atoms with E-state index in [9.17, 15) is 9.90 Å². The van der Waals surface area contributed by atoms with Gasteiger partial charge in [-0.05, 0) is 17.4 Å². The predicted octanol–water partition coefficient (Wildman–Crippen LogP) is 3.06. The number of hydrogen-bond acceptors (Lipinski definition) is 5. The van der Waals surface area contributed by atoms with Crippen LogP contribution in [0, 0.1) is 0 Å². The zero-order valence-corrected chi connectivity index (χ0v) is 11.9. The average molecular weight is 292 g/mol. The molecule has 0 fully saturated rings. The fourth-order valence-corrected chi connectivity index (χ4v) is 4.82. The Labute approximate surface area is 109 Å². The van der Waals surface area contributed by atoms with Crippen molar-refractivity contribution >= 4 is 34.9 Å². The van der Waals surface area contributed by atoms with Crippen molar-refractivity contribution in [1.82, 2.24) is 0 Å². The van der Waals surface area contributed by atoms with Crippen molar-refractivity contribution in [2.24, 2.45) is 0 Å². The van der Waals surface area contributed by atoms with Crippen LogP contribution in [0.5, 0.6) is 0 Å². The molecule has 0 radical (unpaired) electrons. The van der Waals surface area contributed by atoms with Crippen LogP contribution in [0.1, 0.15) is 10.8 Å². The van der Waals surface area contributed by atoms with Crippen molar-refractivity contribution in [3.05, 3.63) is 35.9 Å². The third-order valence-corrected chi connectivity index (χ3v) is 7.82. The summed E-state index contributed by atoms with van der Waals surface area (Å²) in [4.78, 5) is 11.2. The number of benzene rings is 1. The Morgan fingerprint density at radius 3 is 2.29 bits per heavy atom. The van der Waals surface area contributed by atoms with E-state index in [2.05, 4.69) is 0 Å². The van der Waals surface area contributed by atoms with E-state index in [1.165, 1.54) is 14.2 Å². The van der Waals surface area contributed by atoms with Crippen LogP contribution >= 0.6 is 17.1 Å². The van der Waals surface area contributed by atoms with Gasteiger partial charge in [0.25, 0.3) is 0 Å². The SMILES string of the molecule is COP(=S)(OC)SC(C(=O)O)c1ccccc1. The lowest BCUT2D eigenvalue weighted by atomic mass is 10.1. The predicted molar refractivity (Wildman–Crippen MR) is 72.7 cm³/mol. The molecule has 17 heavy (non-hydrogen) atoms. The summed E-state index contributed by atoms with van der Waals surface area (Å²) in [5, 5.41) is 8.44. The molecule has 4 nitrogen and oxygen atoms in total. The molecule has 0 spiro atoms. The number of aliphatic carboxylic acids is 1. The van der Waals surface area contributed by atoms with Gasteiger partial charge in [0.15, 0.2) is 0 Å². The Morgan fingerprint density at radius 1 is 1.35 bits per heavy atom. The van der Waals surface area contributed by atoms with Crippen LogP contribution in [0.25, 0.3) is 0 Å². The second kappa shape index (κ2) is 6.52. The second-order valence-corrected chi connectivity index (χ2v) is 9.56. The summed E-state index contributed by atoms with van der Waals surface area (Å²) in [6, 6.07) is 8.90. The highest BCUT2D eigenvalue weighted by Crippen LogP contribution is 2.64. The van der Waals surface area contributed by atoms with Gasteiger partial charge in [-0.15, -0.1) is 0 Å². The highest BCUT2D eigenvalue weighted by Gasteiger charge is 2.29. The van der Waals surface area contributed by atoms with Gasteiger partial charge < -0.3 is 14.2 Å². The van der Waals surface area contributed by atoms with Gasteiger partial charge in [0, 0.05) is 14.2 Å². The van der Waals surface area contributed by atoms with Crippen LogP contribution in [-0.4, -0.2) is 25.3 Å². The fourth-order valence-electron chi connectivity index (χ4n) is 1.17. The van der Waals surface area contributed by atoms with Gasteiger partial charge in [-0.3, -0.25) is 4.79 Å². The summed E-state index contributed by atoms with van der Waals surface area (Å²) < 4.78 is 10.2. The molecule has 94 valence electrons. The molecular formula is C10H13O4PS2. The van der Waals surface area contributed by atoms with Crippen molar-refractivity contribution in [3.63, 3.8) is 0 Å². The molecule has 0 aliphatic carbocycles. The molecule has 0 amide bonds. The lowest BCUT2D eigenvalue weighted by molar-refractivity contribution is -0.136. The van der Waals surface area contributed by atoms with Crippen LogP contribution in [-0.2, 0) is 25.6 Å². The molecule has 0 aromatic heterocycles. The largest absolute Gasteiger partial charge is 0.480 e. The molecule has 1 unspecified atom stereocenters. The smallest absolute Gasteiger partial charge is 0.321 e. The van der Waals surface area contributed by atoms with Gasteiger partial charge in [-0.1, -0.05) is 41.7 Å². The van der Waals surface area contributed by atoms with E-state index in [0.717, 1.165) is 11.4 Å². The van der Waals surface area contributed by atoms with Gasteiger partial charge >= 0.3 is 5.97 Å². The molecule has 0 heterocycles. The molecule has 1 aromatic rings. The molecule has 1 aromatic carbocycles. The lowest BCUT2D eigenvalue weighted by Gasteiger charge is -2.21. The molecule has 0 aliphatic heterocycles. The number of carboxylic acid groups (broad SMARTS) is 1. The van der Waals surface area contributed by atoms with E-state index < -0.39 is 16.9 Å². The van der Waals surface area contributed by atoms with Crippen molar-refractivity contribution in [1.29, 1.82) is 0 Å². The molecule has 1 rings (SSSR count). The molecular weight excluding hydrogens is 279 g/mol. The summed E-state index contributed by atoms with van der Waals surface area (Å²) in [6.45, 7) is 0. The zero-order valence-electron chi connectivity index (χ0n) is 9.40. The first-order chi connectivity index (χ1) is 8.02. The van der Waals surface area contributed by atoms with Gasteiger partial charge in [-0.25, -0.2) is 0 Å². The minimum atomic E-state index is -2.59. The lowest BCUT2D eigenvalue weighted by Crippen LogP contribution is -2.08. The molecule has 1 N–H and O–H groups in total. The number of carboxylic acids is 1. The Balaban J connectivity index is 2.97. The van der Waals surface area contributed by atoms with E-state index in [0.29, 0.717) is 5.56 Å². The van der Waals surface area contributed by atoms with Gasteiger partial charge in [0.2, 0.25) is 5.69 Å². The van der Waals surface area contributed by atoms with Crippen LogP contribution in [0.15, 0.2) is 30.3 Å².